The van der Waals surface area contributed by atoms with E-state index in [-0.39, 0.29) is 0 Å². The van der Waals surface area contributed by atoms with E-state index in [1.165, 1.54) is 44.2 Å². The van der Waals surface area contributed by atoms with Gasteiger partial charge < -0.3 is 4.42 Å². The van der Waals surface area contributed by atoms with Gasteiger partial charge in [0.1, 0.15) is 11.2 Å². The Kier molecular flexibility index (Phi) is 8.75. The Balaban J connectivity index is 0.997. The van der Waals surface area contributed by atoms with Crippen molar-refractivity contribution < 1.29 is 4.42 Å². The lowest BCUT2D eigenvalue weighted by molar-refractivity contribution is 0.669. The number of furan rings is 1. The first-order chi connectivity index (χ1) is 32.7. The van der Waals surface area contributed by atoms with Gasteiger partial charge in [-0.25, -0.2) is 9.97 Å². The Hall–Kier alpha value is -8.66. The fraction of sp³-hybridized carbons (Fsp3) is 0.0159. The molecule has 13 rings (SSSR count). The average Bonchev–Trinajstić information content (AvgIpc) is 3.92. The molecule has 0 atom stereocenters. The summed E-state index contributed by atoms with van der Waals surface area (Å²) >= 11 is 0. The van der Waals surface area contributed by atoms with Crippen LogP contribution in [0.25, 0.3) is 100.0 Å². The van der Waals surface area contributed by atoms with Crippen LogP contribution in [0, 0.1) is 0 Å². The van der Waals surface area contributed by atoms with Gasteiger partial charge in [-0.3, -0.25) is 0 Å². The smallest absolute Gasteiger partial charge is 0.161 e. The molecule has 1 aliphatic carbocycles. The van der Waals surface area contributed by atoms with E-state index >= 15 is 0 Å². The van der Waals surface area contributed by atoms with Gasteiger partial charge in [-0.15, -0.1) is 0 Å². The van der Waals surface area contributed by atoms with Gasteiger partial charge in [0.15, 0.2) is 5.82 Å². The normalized spacial score (nSPS) is 12.7. The molecule has 66 heavy (non-hydrogen) atoms. The molecule has 10 aromatic carbocycles. The Morgan fingerprint density at radius 2 is 0.864 bits per heavy atom. The third-order valence-electron chi connectivity index (χ3n) is 13.6. The van der Waals surface area contributed by atoms with Crippen molar-refractivity contribution in [1.29, 1.82) is 0 Å². The van der Waals surface area contributed by atoms with Crippen LogP contribution >= 0.6 is 0 Å². The molecule has 1 aliphatic rings. The van der Waals surface area contributed by atoms with Gasteiger partial charge >= 0.3 is 0 Å². The molecule has 0 spiro atoms. The highest BCUT2D eigenvalue weighted by Gasteiger charge is 2.46. The molecule has 0 radical (unpaired) electrons. The zero-order valence-corrected chi connectivity index (χ0v) is 35.9. The van der Waals surface area contributed by atoms with E-state index in [2.05, 4.69) is 231 Å². The Labute approximate surface area is 383 Å². The number of hydrogen-bond acceptors (Lipinski definition) is 3. The molecule has 0 aliphatic heterocycles. The monoisotopic (exact) mass is 840 g/mol. The van der Waals surface area contributed by atoms with Crippen molar-refractivity contribution >= 4 is 32.7 Å². The molecule has 3 heteroatoms. The van der Waals surface area contributed by atoms with E-state index in [0.29, 0.717) is 5.82 Å². The number of benzene rings is 10. The maximum Gasteiger partial charge on any atom is 0.161 e. The Bertz CT molecular complexity index is 3770. The molecule has 0 amide bonds. The maximum absolute atomic E-state index is 6.15. The second-order valence-corrected chi connectivity index (χ2v) is 17.2. The highest BCUT2D eigenvalue weighted by atomic mass is 16.3. The molecule has 0 unspecified atom stereocenters. The molecule has 0 fully saturated rings. The van der Waals surface area contributed by atoms with Crippen LogP contribution in [0.3, 0.4) is 0 Å². The van der Waals surface area contributed by atoms with Crippen LogP contribution in [-0.2, 0) is 5.41 Å². The van der Waals surface area contributed by atoms with E-state index in [1.54, 1.807) is 0 Å². The largest absolute Gasteiger partial charge is 0.456 e. The summed E-state index contributed by atoms with van der Waals surface area (Å²) in [7, 11) is 0. The lowest BCUT2D eigenvalue weighted by Gasteiger charge is -2.34. The van der Waals surface area contributed by atoms with Gasteiger partial charge in [0, 0.05) is 27.5 Å². The van der Waals surface area contributed by atoms with Gasteiger partial charge in [0.25, 0.3) is 0 Å². The van der Waals surface area contributed by atoms with Crippen LogP contribution in [0.5, 0.6) is 0 Å². The number of nitrogens with zero attached hydrogens (tertiary/aromatic N) is 2. The van der Waals surface area contributed by atoms with Gasteiger partial charge in [0.2, 0.25) is 0 Å². The fourth-order valence-electron chi connectivity index (χ4n) is 10.5. The molecule has 2 aromatic heterocycles. The van der Waals surface area contributed by atoms with Crippen molar-refractivity contribution in [3.63, 3.8) is 0 Å². The molecule has 2 heterocycles. The van der Waals surface area contributed by atoms with E-state index in [0.717, 1.165) is 72.3 Å². The maximum atomic E-state index is 6.15. The number of fused-ring (bicyclic) bond motifs is 7. The lowest BCUT2D eigenvalue weighted by Crippen LogP contribution is -2.28. The Morgan fingerprint density at radius 1 is 0.303 bits per heavy atom. The molecular formula is C63H40N2O. The summed E-state index contributed by atoms with van der Waals surface area (Å²) in [5, 5.41) is 4.64. The van der Waals surface area contributed by atoms with Crippen LogP contribution in [-0.4, -0.2) is 9.97 Å². The first-order valence-electron chi connectivity index (χ1n) is 22.5. The molecule has 0 bridgehead atoms. The number of aromatic nitrogens is 2. The molecule has 0 saturated heterocycles. The molecule has 3 nitrogen and oxygen atoms in total. The molecule has 12 aromatic rings. The summed E-state index contributed by atoms with van der Waals surface area (Å²) in [5.74, 6) is 0.675. The van der Waals surface area contributed by atoms with Gasteiger partial charge in [-0.2, -0.15) is 0 Å². The van der Waals surface area contributed by atoms with Crippen LogP contribution < -0.4 is 0 Å². The average molecular weight is 841 g/mol. The van der Waals surface area contributed by atoms with Gasteiger partial charge in [0.05, 0.1) is 16.8 Å². The standard InChI is InChI=1S/C63H40N2O/c1-3-17-48(18-4-1)63(49-19-5-2-6-20-49)56-25-13-11-22-51(56)52-35-33-47(39-57(52)63)59-40-58(43-30-27-42(28-31-43)45-34-36-61-55(38-45)53-23-12-14-26-60(53)66-61)64-62(65-59)54-24-10-9-21-50(54)46-32-29-41-15-7-8-16-44(41)37-46/h1-40H. The van der Waals surface area contributed by atoms with E-state index in [1.807, 2.05) is 12.1 Å². The SMILES string of the molecule is c1ccc(C2(c3ccccc3)c3ccccc3-c3ccc(-c4cc(-c5ccc(-c6ccc7oc8ccccc8c7c6)cc5)nc(-c5ccccc5-c5ccc6ccccc6c5)n4)cc32)cc1. The zero-order chi connectivity index (χ0) is 43.6. The van der Waals surface area contributed by atoms with Crippen molar-refractivity contribution in [2.75, 3.05) is 0 Å². The molecular weight excluding hydrogens is 801 g/mol. The summed E-state index contributed by atoms with van der Waals surface area (Å²) in [4.78, 5) is 10.9. The first-order valence-corrected chi connectivity index (χ1v) is 22.5. The van der Waals surface area contributed by atoms with Crippen molar-refractivity contribution in [3.8, 4) is 67.3 Å². The third-order valence-corrected chi connectivity index (χ3v) is 13.6. The molecule has 0 N–H and O–H groups in total. The Morgan fingerprint density at radius 3 is 1.65 bits per heavy atom. The minimum atomic E-state index is -0.534. The van der Waals surface area contributed by atoms with E-state index in [9.17, 15) is 0 Å². The van der Waals surface area contributed by atoms with Crippen molar-refractivity contribution in [2.24, 2.45) is 0 Å². The summed E-state index contributed by atoms with van der Waals surface area (Å²) in [6, 6.07) is 87.1. The summed E-state index contributed by atoms with van der Waals surface area (Å²) in [6.45, 7) is 0. The molecule has 0 saturated carbocycles. The van der Waals surface area contributed by atoms with Crippen molar-refractivity contribution in [1.82, 2.24) is 9.97 Å². The summed E-state index contributed by atoms with van der Waals surface area (Å²) in [5.41, 5.74) is 17.9. The quantitative estimate of drug-likeness (QED) is 0.160. The van der Waals surface area contributed by atoms with Crippen molar-refractivity contribution in [2.45, 2.75) is 5.41 Å². The second-order valence-electron chi connectivity index (χ2n) is 17.2. The lowest BCUT2D eigenvalue weighted by atomic mass is 9.67. The van der Waals surface area contributed by atoms with Crippen LogP contribution in [0.4, 0.5) is 0 Å². The van der Waals surface area contributed by atoms with E-state index in [4.69, 9.17) is 14.4 Å². The van der Waals surface area contributed by atoms with Crippen molar-refractivity contribution in [3.05, 3.63) is 265 Å². The number of para-hydroxylation sites is 1. The predicted octanol–water partition coefficient (Wildman–Crippen LogP) is 16.2. The van der Waals surface area contributed by atoms with Gasteiger partial charge in [-0.1, -0.05) is 206 Å². The minimum absolute atomic E-state index is 0.534. The second kappa shape index (κ2) is 15.3. The summed E-state index contributed by atoms with van der Waals surface area (Å²) in [6.07, 6.45) is 0. The molecule has 308 valence electrons. The topological polar surface area (TPSA) is 38.9 Å². The van der Waals surface area contributed by atoms with E-state index < -0.39 is 5.41 Å². The number of rotatable bonds is 7. The van der Waals surface area contributed by atoms with Crippen LogP contribution in [0.1, 0.15) is 22.3 Å². The predicted molar refractivity (Wildman–Crippen MR) is 271 cm³/mol. The minimum Gasteiger partial charge on any atom is -0.456 e. The summed E-state index contributed by atoms with van der Waals surface area (Å²) < 4.78 is 6.15. The number of hydrogen-bond donors (Lipinski definition) is 0. The van der Waals surface area contributed by atoms with Crippen LogP contribution in [0.2, 0.25) is 0 Å². The third kappa shape index (κ3) is 6.05. The van der Waals surface area contributed by atoms with Gasteiger partial charge in [-0.05, 0) is 103 Å². The highest BCUT2D eigenvalue weighted by molar-refractivity contribution is 6.06. The fourth-order valence-corrected chi connectivity index (χ4v) is 10.5. The highest BCUT2D eigenvalue weighted by Crippen LogP contribution is 2.56. The van der Waals surface area contributed by atoms with Crippen LogP contribution in [0.15, 0.2) is 247 Å². The zero-order valence-electron chi connectivity index (χ0n) is 35.9. The first kappa shape index (κ1) is 37.9.